The number of aliphatic hydroxyl groups excluding tert-OH is 1. The van der Waals surface area contributed by atoms with Crippen LogP contribution in [0.15, 0.2) is 24.0 Å². The second-order valence-corrected chi connectivity index (χ2v) is 2.35. The van der Waals surface area contributed by atoms with Crippen LogP contribution in [0.25, 0.3) is 0 Å². The molecule has 2 unspecified atom stereocenters. The number of allylic oxidation sites excluding steroid dienone is 1. The number of rotatable bonds is 2. The Balaban J connectivity index is 2.66. The van der Waals surface area contributed by atoms with Crippen molar-refractivity contribution >= 4 is 0 Å². The summed E-state index contributed by atoms with van der Waals surface area (Å²) in [6.45, 7) is 0. The topological polar surface area (TPSA) is 38.7 Å². The van der Waals surface area contributed by atoms with Gasteiger partial charge < -0.3 is 14.6 Å². The van der Waals surface area contributed by atoms with E-state index in [0.717, 1.165) is 0 Å². The normalized spacial score (nSPS) is 30.2. The zero-order valence-electron chi connectivity index (χ0n) is 6.65. The highest BCUT2D eigenvalue weighted by Crippen LogP contribution is 2.13. The van der Waals surface area contributed by atoms with Crippen molar-refractivity contribution < 1.29 is 14.6 Å². The van der Waals surface area contributed by atoms with Gasteiger partial charge in [0.25, 0.3) is 0 Å². The van der Waals surface area contributed by atoms with Crippen LogP contribution in [-0.4, -0.2) is 31.5 Å². The molecule has 3 heteroatoms. The number of hydrogen-bond acceptors (Lipinski definition) is 3. The van der Waals surface area contributed by atoms with Crippen LogP contribution < -0.4 is 0 Å². The van der Waals surface area contributed by atoms with Gasteiger partial charge in [0.2, 0.25) is 0 Å². The van der Waals surface area contributed by atoms with Gasteiger partial charge in [-0.2, -0.15) is 0 Å². The van der Waals surface area contributed by atoms with E-state index in [9.17, 15) is 0 Å². The molecule has 1 rings (SSSR count). The highest BCUT2D eigenvalue weighted by Gasteiger charge is 2.19. The summed E-state index contributed by atoms with van der Waals surface area (Å²) in [6.07, 6.45) is 4.72. The Morgan fingerprint density at radius 1 is 1.27 bits per heavy atom. The molecule has 1 N–H and O–H groups in total. The van der Waals surface area contributed by atoms with Crippen LogP contribution in [-0.2, 0) is 9.47 Å². The van der Waals surface area contributed by atoms with Crippen LogP contribution in [0, 0.1) is 0 Å². The van der Waals surface area contributed by atoms with Crippen molar-refractivity contribution in [1.82, 2.24) is 0 Å². The minimum Gasteiger partial charge on any atom is -0.508 e. The first-order valence-corrected chi connectivity index (χ1v) is 3.42. The van der Waals surface area contributed by atoms with Gasteiger partial charge in [0, 0.05) is 14.2 Å². The van der Waals surface area contributed by atoms with Crippen molar-refractivity contribution in [2.75, 3.05) is 14.2 Å². The van der Waals surface area contributed by atoms with Crippen LogP contribution >= 0.6 is 0 Å². The van der Waals surface area contributed by atoms with E-state index in [4.69, 9.17) is 14.6 Å². The summed E-state index contributed by atoms with van der Waals surface area (Å²) < 4.78 is 10.1. The molecule has 0 spiro atoms. The van der Waals surface area contributed by atoms with Crippen molar-refractivity contribution in [2.24, 2.45) is 0 Å². The van der Waals surface area contributed by atoms with Gasteiger partial charge in [-0.1, -0.05) is 0 Å². The Morgan fingerprint density at radius 2 is 1.91 bits per heavy atom. The Labute approximate surface area is 65.9 Å². The predicted molar refractivity (Wildman–Crippen MR) is 41.4 cm³/mol. The lowest BCUT2D eigenvalue weighted by atomic mass is 10.1. The first-order chi connectivity index (χ1) is 5.27. The van der Waals surface area contributed by atoms with E-state index >= 15 is 0 Å². The van der Waals surface area contributed by atoms with Crippen LogP contribution in [0.4, 0.5) is 0 Å². The molecule has 0 radical (unpaired) electrons. The van der Waals surface area contributed by atoms with E-state index < -0.39 is 0 Å². The molecular weight excluding hydrogens is 144 g/mol. The van der Waals surface area contributed by atoms with E-state index in [0.29, 0.717) is 0 Å². The molecule has 1 aliphatic carbocycles. The van der Waals surface area contributed by atoms with Gasteiger partial charge in [-0.05, 0) is 18.2 Å². The first kappa shape index (κ1) is 8.30. The highest BCUT2D eigenvalue weighted by atomic mass is 16.5. The molecule has 0 saturated carbocycles. The molecule has 62 valence electrons. The molecule has 0 aromatic carbocycles. The maximum absolute atomic E-state index is 9.06. The number of ether oxygens (including phenoxy) is 2. The van der Waals surface area contributed by atoms with Gasteiger partial charge in [0.1, 0.15) is 18.0 Å². The summed E-state index contributed by atoms with van der Waals surface area (Å²) >= 11 is 0. The summed E-state index contributed by atoms with van der Waals surface area (Å²) in [5, 5.41) is 9.06. The lowest BCUT2D eigenvalue weighted by Gasteiger charge is -2.21. The van der Waals surface area contributed by atoms with Crippen molar-refractivity contribution in [2.45, 2.75) is 12.2 Å². The monoisotopic (exact) mass is 156 g/mol. The largest absolute Gasteiger partial charge is 0.508 e. The lowest BCUT2D eigenvalue weighted by molar-refractivity contribution is 0.0117. The average Bonchev–Trinajstić information content (AvgIpc) is 2.04. The molecule has 0 amide bonds. The molecule has 0 aromatic rings. The van der Waals surface area contributed by atoms with E-state index in [2.05, 4.69) is 0 Å². The van der Waals surface area contributed by atoms with Crippen LogP contribution in [0.2, 0.25) is 0 Å². The number of aliphatic hydroxyl groups is 1. The second-order valence-electron chi connectivity index (χ2n) is 2.35. The molecular formula is C8H12O3. The molecule has 0 saturated heterocycles. The van der Waals surface area contributed by atoms with Gasteiger partial charge in [0.05, 0.1) is 0 Å². The maximum atomic E-state index is 9.06. The summed E-state index contributed by atoms with van der Waals surface area (Å²) in [4.78, 5) is 0. The molecule has 0 bridgehead atoms. The van der Waals surface area contributed by atoms with Gasteiger partial charge in [-0.25, -0.2) is 0 Å². The first-order valence-electron chi connectivity index (χ1n) is 3.42. The molecule has 0 heterocycles. The van der Waals surface area contributed by atoms with Gasteiger partial charge in [0.15, 0.2) is 0 Å². The lowest BCUT2D eigenvalue weighted by Crippen LogP contribution is -2.28. The highest BCUT2D eigenvalue weighted by molar-refractivity contribution is 5.21. The number of methoxy groups -OCH3 is 2. The fourth-order valence-electron chi connectivity index (χ4n) is 1.04. The Hall–Kier alpha value is -0.800. The van der Waals surface area contributed by atoms with Gasteiger partial charge >= 0.3 is 0 Å². The molecule has 2 atom stereocenters. The van der Waals surface area contributed by atoms with Crippen molar-refractivity contribution in [3.63, 3.8) is 0 Å². The van der Waals surface area contributed by atoms with E-state index in [1.807, 2.05) is 0 Å². The molecule has 0 aliphatic heterocycles. The zero-order valence-corrected chi connectivity index (χ0v) is 6.65. The number of hydrogen-bond donors (Lipinski definition) is 1. The average molecular weight is 156 g/mol. The summed E-state index contributed by atoms with van der Waals surface area (Å²) in [5.41, 5.74) is 0. The summed E-state index contributed by atoms with van der Waals surface area (Å²) in [6, 6.07) is 0. The third-order valence-electron chi connectivity index (χ3n) is 1.66. The second kappa shape index (κ2) is 3.55. The predicted octanol–water partition coefficient (Wildman–Crippen LogP) is 1.03. The van der Waals surface area contributed by atoms with Crippen molar-refractivity contribution in [3.8, 4) is 0 Å². The van der Waals surface area contributed by atoms with Crippen LogP contribution in [0.5, 0.6) is 0 Å². The third kappa shape index (κ3) is 1.82. The summed E-state index contributed by atoms with van der Waals surface area (Å²) in [7, 11) is 3.19. The molecule has 1 aliphatic rings. The van der Waals surface area contributed by atoms with Crippen molar-refractivity contribution in [3.05, 3.63) is 24.0 Å². The molecule has 0 aromatic heterocycles. The summed E-state index contributed by atoms with van der Waals surface area (Å²) in [5.74, 6) is 0.227. The maximum Gasteiger partial charge on any atom is 0.114 e. The Bertz CT molecular complexity index is 184. The van der Waals surface area contributed by atoms with Crippen molar-refractivity contribution in [1.29, 1.82) is 0 Å². The third-order valence-corrected chi connectivity index (χ3v) is 1.66. The standard InChI is InChI=1S/C8H12O3/c1-10-7-4-3-6(9)5-8(7)11-2/h3-5,7-9H,1-2H3. The quantitative estimate of drug-likeness (QED) is 0.649. The fourth-order valence-corrected chi connectivity index (χ4v) is 1.04. The van der Waals surface area contributed by atoms with Crippen LogP contribution in [0.3, 0.4) is 0 Å². The zero-order chi connectivity index (χ0) is 8.27. The molecule has 11 heavy (non-hydrogen) atoms. The Morgan fingerprint density at radius 3 is 2.45 bits per heavy atom. The van der Waals surface area contributed by atoms with E-state index in [1.54, 1.807) is 32.4 Å². The van der Waals surface area contributed by atoms with Crippen LogP contribution in [0.1, 0.15) is 0 Å². The molecule has 3 nitrogen and oxygen atoms in total. The SMILES string of the molecule is COC1C=CC(O)=CC1OC. The van der Waals surface area contributed by atoms with E-state index in [1.165, 1.54) is 0 Å². The minimum absolute atomic E-state index is 0.0871. The van der Waals surface area contributed by atoms with E-state index in [-0.39, 0.29) is 18.0 Å². The Kier molecular flexibility index (Phi) is 2.68. The fraction of sp³-hybridized carbons (Fsp3) is 0.500. The van der Waals surface area contributed by atoms with Gasteiger partial charge in [-0.3, -0.25) is 0 Å². The smallest absolute Gasteiger partial charge is 0.114 e. The molecule has 0 fully saturated rings. The van der Waals surface area contributed by atoms with Gasteiger partial charge in [-0.15, -0.1) is 0 Å². The minimum atomic E-state index is -0.176.